The van der Waals surface area contributed by atoms with Crippen LogP contribution < -0.4 is 0 Å². The van der Waals surface area contributed by atoms with Crippen molar-refractivity contribution in [2.45, 2.75) is 37.2 Å². The first-order chi connectivity index (χ1) is 8.83. The summed E-state index contributed by atoms with van der Waals surface area (Å²) in [5.74, 6) is 1.41. The summed E-state index contributed by atoms with van der Waals surface area (Å²) in [6.45, 7) is 0. The molecule has 4 rings (SSSR count). The molecule has 0 spiro atoms. The van der Waals surface area contributed by atoms with Gasteiger partial charge in [-0.25, -0.2) is 4.98 Å². The van der Waals surface area contributed by atoms with Gasteiger partial charge in [-0.3, -0.25) is 0 Å². The number of aliphatic hydroxyl groups excluding tert-OH is 1. The van der Waals surface area contributed by atoms with E-state index < -0.39 is 6.10 Å². The number of hydrogen-bond acceptors (Lipinski definition) is 3. The molecule has 3 unspecified atom stereocenters. The van der Waals surface area contributed by atoms with Crippen molar-refractivity contribution in [3.05, 3.63) is 51.5 Å². The van der Waals surface area contributed by atoms with Crippen LogP contribution in [0.5, 0.6) is 0 Å². The van der Waals surface area contributed by atoms with Crippen molar-refractivity contribution in [3.63, 3.8) is 0 Å². The second-order valence-corrected chi connectivity index (χ2v) is 6.38. The Morgan fingerprint density at radius 1 is 1.17 bits per heavy atom. The largest absolute Gasteiger partial charge is 0.381 e. The third-order valence-corrected chi connectivity index (χ3v) is 5.52. The van der Waals surface area contributed by atoms with E-state index in [0.717, 1.165) is 16.5 Å². The molecule has 1 N–H and O–H groups in total. The molecule has 3 atom stereocenters. The first-order valence-corrected chi connectivity index (χ1v) is 7.38. The molecule has 1 aromatic carbocycles. The number of aliphatic hydroxyl groups is 1. The normalized spacial score (nSPS) is 26.3. The molecule has 1 fully saturated rings. The number of aromatic nitrogens is 1. The summed E-state index contributed by atoms with van der Waals surface area (Å²) in [5.41, 5.74) is 2.23. The van der Waals surface area contributed by atoms with Crippen LogP contribution in [-0.4, -0.2) is 10.1 Å². The average Bonchev–Trinajstić information content (AvgIpc) is 3.10. The molecule has 2 nitrogen and oxygen atoms in total. The van der Waals surface area contributed by atoms with Crippen LogP contribution in [-0.2, 0) is 0 Å². The van der Waals surface area contributed by atoms with Crippen molar-refractivity contribution < 1.29 is 5.11 Å². The van der Waals surface area contributed by atoms with Crippen LogP contribution in [0.15, 0.2) is 30.3 Å². The molecule has 2 aliphatic rings. The zero-order valence-electron chi connectivity index (χ0n) is 10.0. The third-order valence-electron chi connectivity index (χ3n) is 4.24. The Hall–Kier alpha value is -1.19. The second-order valence-electron chi connectivity index (χ2n) is 5.32. The van der Waals surface area contributed by atoms with Crippen molar-refractivity contribution in [2.24, 2.45) is 0 Å². The lowest BCUT2D eigenvalue weighted by atomic mass is 10.0. The van der Waals surface area contributed by atoms with Crippen molar-refractivity contribution >= 4 is 11.3 Å². The lowest BCUT2D eigenvalue weighted by molar-refractivity contribution is 0.219. The van der Waals surface area contributed by atoms with Gasteiger partial charge in [-0.1, -0.05) is 30.3 Å². The van der Waals surface area contributed by atoms with Crippen LogP contribution in [0.4, 0.5) is 0 Å². The highest BCUT2D eigenvalue weighted by atomic mass is 32.1. The fraction of sp³-hybridized carbons (Fsp3) is 0.400. The molecule has 1 saturated carbocycles. The number of rotatable bonds is 2. The van der Waals surface area contributed by atoms with E-state index in [2.05, 4.69) is 0 Å². The highest BCUT2D eigenvalue weighted by Gasteiger charge is 2.40. The van der Waals surface area contributed by atoms with Gasteiger partial charge in [0.15, 0.2) is 0 Å². The monoisotopic (exact) mass is 257 g/mol. The second kappa shape index (κ2) is 3.90. The Balaban J connectivity index is 1.71. The average molecular weight is 257 g/mol. The molecule has 0 saturated heterocycles. The van der Waals surface area contributed by atoms with Gasteiger partial charge in [0.2, 0.25) is 0 Å². The van der Waals surface area contributed by atoms with E-state index in [4.69, 9.17) is 4.98 Å². The molecule has 2 aliphatic carbocycles. The zero-order chi connectivity index (χ0) is 12.1. The lowest BCUT2D eigenvalue weighted by Crippen LogP contribution is -2.00. The van der Waals surface area contributed by atoms with Crippen LogP contribution in [0.3, 0.4) is 0 Å². The van der Waals surface area contributed by atoms with E-state index in [1.165, 1.54) is 29.8 Å². The van der Waals surface area contributed by atoms with E-state index in [-0.39, 0.29) is 0 Å². The van der Waals surface area contributed by atoms with E-state index in [0.29, 0.717) is 5.92 Å². The van der Waals surface area contributed by atoms with Crippen LogP contribution >= 0.6 is 11.3 Å². The minimum absolute atomic E-state index is 0.554. The number of fused-ring (bicyclic) bond motifs is 5. The van der Waals surface area contributed by atoms with Crippen LogP contribution in [0.1, 0.15) is 58.3 Å². The molecule has 1 aromatic heterocycles. The highest BCUT2D eigenvalue weighted by molar-refractivity contribution is 7.12. The van der Waals surface area contributed by atoms with Gasteiger partial charge in [0.05, 0.1) is 5.69 Å². The standard InChI is InChI=1S/C15H15NOS/c17-13(9-4-2-1-3-5-9)15-16-12-10-6-7-11(8-10)14(12)18-15/h1-5,10-11,13,17H,6-8H2. The fourth-order valence-electron chi connectivity index (χ4n) is 3.31. The van der Waals surface area contributed by atoms with E-state index >= 15 is 0 Å². The van der Waals surface area contributed by atoms with Gasteiger partial charge >= 0.3 is 0 Å². The Kier molecular flexibility index (Phi) is 2.32. The zero-order valence-corrected chi connectivity index (χ0v) is 10.9. The van der Waals surface area contributed by atoms with Gasteiger partial charge in [-0.05, 0) is 30.7 Å². The van der Waals surface area contributed by atoms with Gasteiger partial charge in [0, 0.05) is 10.8 Å². The van der Waals surface area contributed by atoms with Gasteiger partial charge in [-0.2, -0.15) is 0 Å². The highest BCUT2D eigenvalue weighted by Crippen LogP contribution is 2.55. The van der Waals surface area contributed by atoms with Crippen molar-refractivity contribution in [1.82, 2.24) is 4.98 Å². The molecule has 0 aliphatic heterocycles. The van der Waals surface area contributed by atoms with E-state index in [1.807, 2.05) is 30.3 Å². The Morgan fingerprint density at radius 3 is 2.72 bits per heavy atom. The molecular weight excluding hydrogens is 242 g/mol. The van der Waals surface area contributed by atoms with Gasteiger partial charge in [0.1, 0.15) is 11.1 Å². The molecule has 2 aromatic rings. The smallest absolute Gasteiger partial charge is 0.131 e. The lowest BCUT2D eigenvalue weighted by Gasteiger charge is -2.07. The molecular formula is C15H15NOS. The summed E-state index contributed by atoms with van der Waals surface area (Å²) in [6, 6.07) is 9.82. The maximum absolute atomic E-state index is 10.4. The molecule has 0 radical (unpaired) electrons. The minimum atomic E-state index is -0.554. The Labute approximate surface area is 110 Å². The molecule has 18 heavy (non-hydrogen) atoms. The first-order valence-electron chi connectivity index (χ1n) is 6.56. The molecule has 0 amide bonds. The van der Waals surface area contributed by atoms with Crippen LogP contribution in [0, 0.1) is 0 Å². The predicted octanol–water partition coefficient (Wildman–Crippen LogP) is 3.59. The number of nitrogens with zero attached hydrogens (tertiary/aromatic N) is 1. The molecule has 3 heteroatoms. The van der Waals surface area contributed by atoms with Gasteiger partial charge in [-0.15, -0.1) is 11.3 Å². The summed E-state index contributed by atoms with van der Waals surface area (Å²) < 4.78 is 0. The van der Waals surface area contributed by atoms with Gasteiger partial charge < -0.3 is 5.11 Å². The summed E-state index contributed by atoms with van der Waals surface area (Å²) in [4.78, 5) is 6.17. The van der Waals surface area contributed by atoms with Crippen molar-refractivity contribution in [2.75, 3.05) is 0 Å². The van der Waals surface area contributed by atoms with Gasteiger partial charge in [0.25, 0.3) is 0 Å². The van der Waals surface area contributed by atoms with Crippen LogP contribution in [0.25, 0.3) is 0 Å². The summed E-state index contributed by atoms with van der Waals surface area (Å²) in [6.07, 6.45) is 3.36. The van der Waals surface area contributed by atoms with E-state index in [1.54, 1.807) is 11.3 Å². The number of benzene rings is 1. The maximum atomic E-state index is 10.4. The van der Waals surface area contributed by atoms with Crippen LogP contribution in [0.2, 0.25) is 0 Å². The topological polar surface area (TPSA) is 33.1 Å². The number of hydrogen-bond donors (Lipinski definition) is 1. The molecule has 2 bridgehead atoms. The minimum Gasteiger partial charge on any atom is -0.381 e. The number of thiazole rings is 1. The summed E-state index contributed by atoms with van der Waals surface area (Å²) in [5, 5.41) is 11.3. The maximum Gasteiger partial charge on any atom is 0.131 e. The molecule has 92 valence electrons. The Bertz CT molecular complexity index is 550. The van der Waals surface area contributed by atoms with Crippen molar-refractivity contribution in [3.8, 4) is 0 Å². The first kappa shape index (κ1) is 10.7. The summed E-state index contributed by atoms with van der Waals surface area (Å²) in [7, 11) is 0. The predicted molar refractivity (Wildman–Crippen MR) is 72.0 cm³/mol. The van der Waals surface area contributed by atoms with E-state index in [9.17, 15) is 5.11 Å². The van der Waals surface area contributed by atoms with Crippen molar-refractivity contribution in [1.29, 1.82) is 0 Å². The fourth-order valence-corrected chi connectivity index (χ4v) is 4.62. The SMILES string of the molecule is OC(c1ccccc1)c1nc2c(s1)C1CCC2C1. The quantitative estimate of drug-likeness (QED) is 0.892. The third kappa shape index (κ3) is 1.47. The Morgan fingerprint density at radius 2 is 1.94 bits per heavy atom. The summed E-state index contributed by atoms with van der Waals surface area (Å²) >= 11 is 1.73. The molecule has 1 heterocycles.